The van der Waals surface area contributed by atoms with Crippen LogP contribution in [-0.2, 0) is 11.3 Å². The maximum atomic E-state index is 14.3. The molecular formula is C23H30BrF2NO. The van der Waals surface area contributed by atoms with Crippen molar-refractivity contribution in [2.24, 2.45) is 0 Å². The maximum absolute atomic E-state index is 14.3. The predicted octanol–water partition coefficient (Wildman–Crippen LogP) is 6.32. The highest BCUT2D eigenvalue weighted by atomic mass is 79.9. The lowest BCUT2D eigenvalue weighted by Crippen LogP contribution is -2.30. The minimum absolute atomic E-state index is 0. The van der Waals surface area contributed by atoms with Crippen LogP contribution >= 0.6 is 17.0 Å². The minimum atomic E-state index is -0.500. The van der Waals surface area contributed by atoms with E-state index >= 15 is 0 Å². The van der Waals surface area contributed by atoms with Gasteiger partial charge in [0.1, 0.15) is 11.6 Å². The number of hydroxylamine groups is 2. The Balaban J connectivity index is 0.00000392. The summed E-state index contributed by atoms with van der Waals surface area (Å²) < 4.78 is 28.6. The van der Waals surface area contributed by atoms with Crippen molar-refractivity contribution in [1.82, 2.24) is 5.06 Å². The van der Waals surface area contributed by atoms with Crippen molar-refractivity contribution >= 4 is 17.0 Å². The predicted molar refractivity (Wildman–Crippen MR) is 117 cm³/mol. The standard InChI is InChI=1S/C23H29F2NO.BrH/c1-16(2)12-13-26(27-5)15-19(23-17(3)8-6-9-18(23)4)14-20-21(24)10-7-11-22(20)25;/h6-12,19H,13-15H2,1-5H3;1H. The van der Waals surface area contributed by atoms with Gasteiger partial charge in [0.2, 0.25) is 0 Å². The zero-order chi connectivity index (χ0) is 20.0. The summed E-state index contributed by atoms with van der Waals surface area (Å²) in [6.45, 7) is 9.32. The van der Waals surface area contributed by atoms with Gasteiger partial charge in [-0.3, -0.25) is 0 Å². The Labute approximate surface area is 177 Å². The van der Waals surface area contributed by atoms with Crippen LogP contribution in [0.4, 0.5) is 8.78 Å². The fraction of sp³-hybridized carbons (Fsp3) is 0.391. The van der Waals surface area contributed by atoms with Gasteiger partial charge in [0.05, 0.1) is 7.11 Å². The van der Waals surface area contributed by atoms with E-state index in [4.69, 9.17) is 4.84 Å². The molecule has 0 spiro atoms. The Hall–Kier alpha value is -1.56. The molecule has 2 aromatic rings. The molecule has 2 nitrogen and oxygen atoms in total. The summed E-state index contributed by atoms with van der Waals surface area (Å²) in [4.78, 5) is 5.53. The minimum Gasteiger partial charge on any atom is -0.302 e. The summed E-state index contributed by atoms with van der Waals surface area (Å²) in [5, 5.41) is 1.84. The second kappa shape index (κ2) is 11.4. The summed E-state index contributed by atoms with van der Waals surface area (Å²) in [6, 6.07) is 10.1. The smallest absolute Gasteiger partial charge is 0.129 e. The molecule has 0 bridgehead atoms. The van der Waals surface area contributed by atoms with Gasteiger partial charge >= 0.3 is 0 Å². The van der Waals surface area contributed by atoms with Gasteiger partial charge < -0.3 is 4.84 Å². The van der Waals surface area contributed by atoms with E-state index in [0.29, 0.717) is 13.1 Å². The van der Waals surface area contributed by atoms with Gasteiger partial charge in [0.15, 0.2) is 0 Å². The highest BCUT2D eigenvalue weighted by Crippen LogP contribution is 2.30. The molecule has 0 heterocycles. The first-order valence-corrected chi connectivity index (χ1v) is 9.24. The summed E-state index contributed by atoms with van der Waals surface area (Å²) >= 11 is 0. The molecule has 0 aliphatic carbocycles. The largest absolute Gasteiger partial charge is 0.302 e. The number of rotatable bonds is 8. The van der Waals surface area contributed by atoms with E-state index in [9.17, 15) is 8.78 Å². The van der Waals surface area contributed by atoms with E-state index in [1.165, 1.54) is 23.8 Å². The molecule has 28 heavy (non-hydrogen) atoms. The highest BCUT2D eigenvalue weighted by molar-refractivity contribution is 8.93. The first kappa shape index (κ1) is 24.5. The monoisotopic (exact) mass is 453 g/mol. The zero-order valence-corrected chi connectivity index (χ0v) is 19.0. The van der Waals surface area contributed by atoms with Gasteiger partial charge in [-0.1, -0.05) is 35.9 Å². The second-order valence-electron chi connectivity index (χ2n) is 7.22. The average Bonchev–Trinajstić information content (AvgIpc) is 2.60. The van der Waals surface area contributed by atoms with Crippen LogP contribution in [0.5, 0.6) is 0 Å². The molecule has 0 amide bonds. The van der Waals surface area contributed by atoms with Crippen LogP contribution in [0.3, 0.4) is 0 Å². The number of hydrogen-bond donors (Lipinski definition) is 0. The van der Waals surface area contributed by atoms with Crippen LogP contribution < -0.4 is 0 Å². The molecule has 0 saturated heterocycles. The summed E-state index contributed by atoms with van der Waals surface area (Å²) in [5.74, 6) is -1.10. The first-order chi connectivity index (χ1) is 12.8. The third-order valence-electron chi connectivity index (χ3n) is 4.85. The van der Waals surface area contributed by atoms with Crippen molar-refractivity contribution in [2.45, 2.75) is 40.0 Å². The van der Waals surface area contributed by atoms with Crippen LogP contribution in [0.2, 0.25) is 0 Å². The van der Waals surface area contributed by atoms with Crippen LogP contribution in [-0.4, -0.2) is 25.3 Å². The first-order valence-electron chi connectivity index (χ1n) is 9.24. The Morgan fingerprint density at radius 1 is 1.04 bits per heavy atom. The Bertz CT molecular complexity index is 763. The maximum Gasteiger partial charge on any atom is 0.129 e. The Morgan fingerprint density at radius 3 is 2.07 bits per heavy atom. The number of aryl methyl sites for hydroxylation is 2. The molecule has 0 aromatic heterocycles. The summed E-state index contributed by atoms with van der Waals surface area (Å²) in [5.41, 5.74) is 4.69. The molecule has 0 radical (unpaired) electrons. The van der Waals surface area contributed by atoms with E-state index in [2.05, 4.69) is 6.08 Å². The third kappa shape index (κ3) is 6.50. The van der Waals surface area contributed by atoms with Crippen molar-refractivity contribution in [3.63, 3.8) is 0 Å². The number of halogens is 3. The van der Waals surface area contributed by atoms with Gasteiger partial charge in [0, 0.05) is 24.6 Å². The lowest BCUT2D eigenvalue weighted by atomic mass is 9.85. The molecule has 0 aliphatic rings. The lowest BCUT2D eigenvalue weighted by molar-refractivity contribution is -0.126. The van der Waals surface area contributed by atoms with Crippen molar-refractivity contribution in [1.29, 1.82) is 0 Å². The molecule has 2 aromatic carbocycles. The van der Waals surface area contributed by atoms with Crippen molar-refractivity contribution in [3.05, 3.63) is 81.9 Å². The number of benzene rings is 2. The highest BCUT2D eigenvalue weighted by Gasteiger charge is 2.23. The molecule has 0 aliphatic heterocycles. The zero-order valence-electron chi connectivity index (χ0n) is 17.3. The quantitative estimate of drug-likeness (QED) is 0.342. The van der Waals surface area contributed by atoms with Crippen LogP contribution in [0, 0.1) is 25.5 Å². The van der Waals surface area contributed by atoms with Crippen LogP contribution in [0.15, 0.2) is 48.0 Å². The lowest BCUT2D eigenvalue weighted by Gasteiger charge is -2.28. The van der Waals surface area contributed by atoms with Crippen LogP contribution in [0.25, 0.3) is 0 Å². The van der Waals surface area contributed by atoms with E-state index in [1.54, 1.807) is 7.11 Å². The number of hydrogen-bond acceptors (Lipinski definition) is 2. The molecule has 2 rings (SSSR count). The Morgan fingerprint density at radius 2 is 1.57 bits per heavy atom. The molecule has 0 N–H and O–H groups in total. The third-order valence-corrected chi connectivity index (χ3v) is 4.85. The van der Waals surface area contributed by atoms with Gasteiger partial charge in [-0.05, 0) is 62.9 Å². The van der Waals surface area contributed by atoms with Gasteiger partial charge in [-0.25, -0.2) is 8.78 Å². The summed E-state index contributed by atoms with van der Waals surface area (Å²) in [7, 11) is 1.63. The van der Waals surface area contributed by atoms with Crippen molar-refractivity contribution in [2.75, 3.05) is 20.2 Å². The molecular weight excluding hydrogens is 424 g/mol. The number of allylic oxidation sites excluding steroid dienone is 1. The molecule has 0 saturated carbocycles. The molecule has 5 heteroatoms. The fourth-order valence-electron chi connectivity index (χ4n) is 3.46. The number of nitrogens with zero attached hydrogens (tertiary/aromatic N) is 1. The summed E-state index contributed by atoms with van der Waals surface area (Å²) in [6.07, 6.45) is 2.35. The van der Waals surface area contributed by atoms with Gasteiger partial charge in [-0.15, -0.1) is 17.0 Å². The molecule has 1 unspecified atom stereocenters. The van der Waals surface area contributed by atoms with E-state index < -0.39 is 11.6 Å². The van der Waals surface area contributed by atoms with Gasteiger partial charge in [-0.2, -0.15) is 5.06 Å². The fourth-order valence-corrected chi connectivity index (χ4v) is 3.46. The van der Waals surface area contributed by atoms with E-state index in [1.807, 2.05) is 51.0 Å². The molecule has 1 atom stereocenters. The van der Waals surface area contributed by atoms with Crippen molar-refractivity contribution in [3.8, 4) is 0 Å². The SMILES string of the molecule is Br.CON(CC=C(C)C)CC(Cc1c(F)cccc1F)c1c(C)cccc1C. The second-order valence-corrected chi connectivity index (χ2v) is 7.22. The van der Waals surface area contributed by atoms with Crippen LogP contribution in [0.1, 0.15) is 42.0 Å². The Kier molecular flexibility index (Phi) is 10.0. The van der Waals surface area contributed by atoms with Gasteiger partial charge in [0.25, 0.3) is 0 Å². The average molecular weight is 454 g/mol. The molecule has 0 fully saturated rings. The van der Waals surface area contributed by atoms with E-state index in [0.717, 1.165) is 16.7 Å². The topological polar surface area (TPSA) is 12.5 Å². The molecule has 154 valence electrons. The van der Waals surface area contributed by atoms with E-state index in [-0.39, 0.29) is 34.9 Å². The normalized spacial score (nSPS) is 11.9. The van der Waals surface area contributed by atoms with Crippen molar-refractivity contribution < 1.29 is 13.6 Å².